The van der Waals surface area contributed by atoms with Crippen molar-refractivity contribution in [2.45, 2.75) is 25.8 Å². The number of nitrogens with zero attached hydrogens (tertiary/aromatic N) is 3. The van der Waals surface area contributed by atoms with E-state index in [0.717, 1.165) is 25.9 Å². The molecule has 1 saturated heterocycles. The zero-order valence-corrected chi connectivity index (χ0v) is 13.2. The zero-order valence-electron chi connectivity index (χ0n) is 13.2. The number of hydrogen-bond acceptors (Lipinski definition) is 6. The first-order chi connectivity index (χ1) is 11.5. The molecular formula is C16H18N4O4. The molecule has 0 bridgehead atoms. The highest BCUT2D eigenvalue weighted by Crippen LogP contribution is 2.18. The van der Waals surface area contributed by atoms with Gasteiger partial charge in [0, 0.05) is 19.1 Å². The van der Waals surface area contributed by atoms with E-state index >= 15 is 0 Å². The van der Waals surface area contributed by atoms with Gasteiger partial charge in [-0.25, -0.2) is 14.8 Å². The van der Waals surface area contributed by atoms with Crippen LogP contribution in [0.5, 0.6) is 0 Å². The summed E-state index contributed by atoms with van der Waals surface area (Å²) in [6, 6.07) is 1.76. The molecule has 0 radical (unpaired) electrons. The average Bonchev–Trinajstić information content (AvgIpc) is 3.02. The van der Waals surface area contributed by atoms with Gasteiger partial charge in [-0.2, -0.15) is 0 Å². The molecule has 3 rings (SSSR count). The Morgan fingerprint density at radius 1 is 1.29 bits per heavy atom. The number of carbonyl (C=O) groups is 2. The minimum atomic E-state index is -1.09. The molecule has 0 aliphatic carbocycles. The highest BCUT2D eigenvalue weighted by atomic mass is 16.4. The van der Waals surface area contributed by atoms with Gasteiger partial charge in [0.15, 0.2) is 5.69 Å². The van der Waals surface area contributed by atoms with Crippen molar-refractivity contribution in [3.05, 3.63) is 41.7 Å². The molecule has 8 nitrogen and oxygen atoms in total. The van der Waals surface area contributed by atoms with Crippen molar-refractivity contribution in [2.24, 2.45) is 0 Å². The maximum atomic E-state index is 12.2. The highest BCUT2D eigenvalue weighted by molar-refractivity contribution is 5.95. The van der Waals surface area contributed by atoms with Crippen LogP contribution in [0.1, 0.15) is 39.4 Å². The second-order valence-electron chi connectivity index (χ2n) is 5.69. The Hall–Kier alpha value is -2.90. The van der Waals surface area contributed by atoms with Gasteiger partial charge in [-0.3, -0.25) is 4.79 Å². The van der Waals surface area contributed by atoms with Gasteiger partial charge in [-0.15, -0.1) is 0 Å². The normalized spacial score (nSPS) is 15.3. The summed E-state index contributed by atoms with van der Waals surface area (Å²) in [5.41, 5.74) is 0.490. The zero-order chi connectivity index (χ0) is 17.1. The molecule has 1 aliphatic rings. The first-order valence-electron chi connectivity index (χ1n) is 7.70. The SMILES string of the molecule is Cc1occc1C(=O)NC1CCN(c2cnc(C(=O)O)cn2)CC1. The Kier molecular flexibility index (Phi) is 4.45. The quantitative estimate of drug-likeness (QED) is 0.874. The molecule has 1 aliphatic heterocycles. The number of anilines is 1. The summed E-state index contributed by atoms with van der Waals surface area (Å²) in [5.74, 6) is 0.0458. The lowest BCUT2D eigenvalue weighted by Gasteiger charge is -2.32. The van der Waals surface area contributed by atoms with E-state index in [-0.39, 0.29) is 17.6 Å². The van der Waals surface area contributed by atoms with E-state index in [1.54, 1.807) is 13.0 Å². The number of carbonyl (C=O) groups excluding carboxylic acids is 1. The van der Waals surface area contributed by atoms with Crippen molar-refractivity contribution >= 4 is 17.7 Å². The highest BCUT2D eigenvalue weighted by Gasteiger charge is 2.23. The van der Waals surface area contributed by atoms with Gasteiger partial charge in [-0.05, 0) is 25.8 Å². The summed E-state index contributed by atoms with van der Waals surface area (Å²) in [6.07, 6.45) is 5.80. The summed E-state index contributed by atoms with van der Waals surface area (Å²) >= 11 is 0. The van der Waals surface area contributed by atoms with Crippen molar-refractivity contribution in [2.75, 3.05) is 18.0 Å². The molecule has 0 spiro atoms. The van der Waals surface area contributed by atoms with E-state index in [0.29, 0.717) is 17.1 Å². The monoisotopic (exact) mass is 330 g/mol. The Morgan fingerprint density at radius 2 is 2.04 bits per heavy atom. The lowest BCUT2D eigenvalue weighted by molar-refractivity contribution is 0.0689. The van der Waals surface area contributed by atoms with Crippen LogP contribution in [0.25, 0.3) is 0 Å². The molecule has 2 N–H and O–H groups in total. The van der Waals surface area contributed by atoms with Crippen molar-refractivity contribution < 1.29 is 19.1 Å². The Labute approximate surface area is 138 Å². The molecule has 0 atom stereocenters. The molecule has 8 heteroatoms. The van der Waals surface area contributed by atoms with E-state index in [4.69, 9.17) is 9.52 Å². The number of carboxylic acids is 1. The van der Waals surface area contributed by atoms with Gasteiger partial charge in [0.1, 0.15) is 11.6 Å². The number of aromatic carboxylic acids is 1. The third kappa shape index (κ3) is 3.37. The largest absolute Gasteiger partial charge is 0.476 e. The molecule has 0 unspecified atom stereocenters. The van der Waals surface area contributed by atoms with Crippen LogP contribution < -0.4 is 10.2 Å². The first kappa shape index (κ1) is 16.0. The number of carboxylic acid groups (broad SMARTS) is 1. The molecule has 3 heterocycles. The van der Waals surface area contributed by atoms with Crippen molar-refractivity contribution in [1.29, 1.82) is 0 Å². The number of furan rings is 1. The predicted molar refractivity (Wildman–Crippen MR) is 85.1 cm³/mol. The van der Waals surface area contributed by atoms with Crippen LogP contribution in [-0.4, -0.2) is 46.1 Å². The number of amides is 1. The molecule has 0 saturated carbocycles. The maximum Gasteiger partial charge on any atom is 0.356 e. The minimum absolute atomic E-state index is 0.0728. The Balaban J connectivity index is 1.55. The van der Waals surface area contributed by atoms with E-state index in [9.17, 15) is 9.59 Å². The fourth-order valence-corrected chi connectivity index (χ4v) is 2.73. The number of aromatic nitrogens is 2. The molecule has 126 valence electrons. The van der Waals surface area contributed by atoms with Crippen LogP contribution in [0.4, 0.5) is 5.82 Å². The van der Waals surface area contributed by atoms with Crippen LogP contribution in [0.15, 0.2) is 29.1 Å². The van der Waals surface area contributed by atoms with E-state index in [2.05, 4.69) is 15.3 Å². The maximum absolute atomic E-state index is 12.2. The predicted octanol–water partition coefficient (Wildman–Crippen LogP) is 1.48. The standard InChI is InChI=1S/C16H18N4O4/c1-10-12(4-7-24-10)15(21)19-11-2-5-20(6-3-11)14-9-17-13(8-18-14)16(22)23/h4,7-9,11H,2-3,5-6H2,1H3,(H,19,21)(H,22,23). The van der Waals surface area contributed by atoms with Gasteiger partial charge >= 0.3 is 5.97 Å². The lowest BCUT2D eigenvalue weighted by Crippen LogP contribution is -2.45. The van der Waals surface area contributed by atoms with Crippen LogP contribution in [0.3, 0.4) is 0 Å². The second-order valence-corrected chi connectivity index (χ2v) is 5.69. The molecule has 1 amide bonds. The number of rotatable bonds is 4. The first-order valence-corrected chi connectivity index (χ1v) is 7.70. The van der Waals surface area contributed by atoms with E-state index in [1.807, 2.05) is 4.90 Å². The van der Waals surface area contributed by atoms with Crippen molar-refractivity contribution in [3.8, 4) is 0 Å². The summed E-state index contributed by atoms with van der Waals surface area (Å²) in [6.45, 7) is 3.20. The summed E-state index contributed by atoms with van der Waals surface area (Å²) in [4.78, 5) is 33.0. The smallest absolute Gasteiger partial charge is 0.356 e. The van der Waals surface area contributed by atoms with Gasteiger partial charge in [-0.1, -0.05) is 0 Å². The van der Waals surface area contributed by atoms with E-state index < -0.39 is 5.97 Å². The number of hydrogen-bond donors (Lipinski definition) is 2. The Morgan fingerprint density at radius 3 is 2.58 bits per heavy atom. The minimum Gasteiger partial charge on any atom is -0.476 e. The molecule has 2 aromatic rings. The van der Waals surface area contributed by atoms with Gasteiger partial charge < -0.3 is 19.7 Å². The summed E-state index contributed by atoms with van der Waals surface area (Å²) < 4.78 is 5.15. The third-order valence-electron chi connectivity index (χ3n) is 4.11. The van der Waals surface area contributed by atoms with Crippen molar-refractivity contribution in [1.82, 2.24) is 15.3 Å². The summed E-state index contributed by atoms with van der Waals surface area (Å²) in [5, 5.41) is 11.9. The number of aryl methyl sites for hydroxylation is 1. The topological polar surface area (TPSA) is 109 Å². The van der Waals surface area contributed by atoms with Crippen LogP contribution in [-0.2, 0) is 0 Å². The van der Waals surface area contributed by atoms with Gasteiger partial charge in [0.25, 0.3) is 5.91 Å². The number of nitrogens with one attached hydrogen (secondary N) is 1. The lowest BCUT2D eigenvalue weighted by atomic mass is 10.0. The van der Waals surface area contributed by atoms with Crippen molar-refractivity contribution in [3.63, 3.8) is 0 Å². The Bertz CT molecular complexity index is 733. The molecule has 0 aromatic carbocycles. The fourth-order valence-electron chi connectivity index (χ4n) is 2.73. The number of piperidine rings is 1. The molecule has 1 fully saturated rings. The third-order valence-corrected chi connectivity index (χ3v) is 4.11. The molecule has 2 aromatic heterocycles. The van der Waals surface area contributed by atoms with E-state index in [1.165, 1.54) is 18.7 Å². The summed E-state index contributed by atoms with van der Waals surface area (Å²) in [7, 11) is 0. The van der Waals surface area contributed by atoms with Crippen LogP contribution in [0, 0.1) is 6.92 Å². The second kappa shape index (κ2) is 6.69. The fraction of sp³-hybridized carbons (Fsp3) is 0.375. The molecular weight excluding hydrogens is 312 g/mol. The van der Waals surface area contributed by atoms with Gasteiger partial charge in [0.05, 0.1) is 24.2 Å². The van der Waals surface area contributed by atoms with Crippen LogP contribution >= 0.6 is 0 Å². The molecule has 24 heavy (non-hydrogen) atoms. The average molecular weight is 330 g/mol. The van der Waals surface area contributed by atoms with Crippen LogP contribution in [0.2, 0.25) is 0 Å². The van der Waals surface area contributed by atoms with Gasteiger partial charge in [0.2, 0.25) is 0 Å².